The number of nitrogens with one attached hydrogen (secondary N) is 1. The first-order chi connectivity index (χ1) is 11.2. The highest BCUT2D eigenvalue weighted by Gasteiger charge is 2.09. The molecular weight excluding hydrogens is 360 g/mol. The lowest BCUT2D eigenvalue weighted by Crippen LogP contribution is -2.16. The smallest absolute Gasteiger partial charge is 0.307 e. The van der Waals surface area contributed by atoms with Gasteiger partial charge in [0.15, 0.2) is 10.4 Å². The first-order valence-electron chi connectivity index (χ1n) is 6.83. The van der Waals surface area contributed by atoms with Crippen LogP contribution in [-0.2, 0) is 0 Å². The molecule has 0 spiro atoms. The lowest BCUT2D eigenvalue weighted by atomic mass is 10.0. The molecule has 0 atom stereocenters. The minimum absolute atomic E-state index is 0.189. The van der Waals surface area contributed by atoms with Crippen LogP contribution in [0.5, 0.6) is 5.75 Å². The fraction of sp³-hybridized carbons (Fsp3) is 0.0588. The molecule has 0 radical (unpaired) electrons. The van der Waals surface area contributed by atoms with E-state index in [1.54, 1.807) is 25.5 Å². The maximum absolute atomic E-state index is 11.9. The normalized spacial score (nSPS) is 11.0. The highest BCUT2D eigenvalue weighted by Crippen LogP contribution is 2.27. The van der Waals surface area contributed by atoms with Crippen LogP contribution < -0.4 is 10.2 Å². The van der Waals surface area contributed by atoms with Gasteiger partial charge >= 0.3 is 5.91 Å². The van der Waals surface area contributed by atoms with Gasteiger partial charge in [0.1, 0.15) is 5.75 Å². The van der Waals surface area contributed by atoms with Crippen molar-refractivity contribution in [2.75, 3.05) is 7.11 Å². The Labute approximate surface area is 141 Å². The second-order valence-electron chi connectivity index (χ2n) is 4.71. The van der Waals surface area contributed by atoms with E-state index >= 15 is 0 Å². The molecule has 1 aromatic heterocycles. The van der Waals surface area contributed by atoms with Crippen molar-refractivity contribution in [1.82, 2.24) is 5.43 Å². The van der Waals surface area contributed by atoms with E-state index in [9.17, 15) is 4.79 Å². The predicted octanol–water partition coefficient (Wildman–Crippen LogP) is 3.97. The number of carbonyl (C=O) groups excluding carboxylic acids is 1. The zero-order valence-electron chi connectivity index (χ0n) is 12.2. The molecule has 1 amide bonds. The summed E-state index contributed by atoms with van der Waals surface area (Å²) in [5.41, 5.74) is 3.32. The minimum Gasteiger partial charge on any atom is -0.496 e. The van der Waals surface area contributed by atoms with Crippen LogP contribution in [0.4, 0.5) is 0 Å². The number of rotatable bonds is 4. The van der Waals surface area contributed by atoms with Gasteiger partial charge in [-0.05, 0) is 45.6 Å². The van der Waals surface area contributed by atoms with E-state index in [1.165, 1.54) is 0 Å². The summed E-state index contributed by atoms with van der Waals surface area (Å²) in [5, 5.41) is 5.97. The van der Waals surface area contributed by atoms with Gasteiger partial charge in [0.2, 0.25) is 0 Å². The van der Waals surface area contributed by atoms with Gasteiger partial charge in [0.05, 0.1) is 13.3 Å². The number of ether oxygens (including phenoxy) is 1. The quantitative estimate of drug-likeness (QED) is 0.556. The molecule has 1 N–H and O–H groups in total. The van der Waals surface area contributed by atoms with Gasteiger partial charge in [-0.2, -0.15) is 5.10 Å². The van der Waals surface area contributed by atoms with Gasteiger partial charge in [-0.15, -0.1) is 0 Å². The number of methoxy groups -OCH3 is 1. The van der Waals surface area contributed by atoms with Crippen molar-refractivity contribution in [3.63, 3.8) is 0 Å². The molecule has 3 rings (SSSR count). The molecule has 0 aliphatic carbocycles. The molecule has 3 aromatic rings. The molecule has 0 aliphatic heterocycles. The van der Waals surface area contributed by atoms with Crippen LogP contribution in [-0.4, -0.2) is 19.2 Å². The Morgan fingerprint density at radius 2 is 1.96 bits per heavy atom. The largest absolute Gasteiger partial charge is 0.496 e. The van der Waals surface area contributed by atoms with Crippen LogP contribution in [0.25, 0.3) is 10.8 Å². The van der Waals surface area contributed by atoms with Gasteiger partial charge in [-0.1, -0.05) is 24.3 Å². The Morgan fingerprint density at radius 1 is 1.17 bits per heavy atom. The number of nitrogens with zero attached hydrogens (tertiary/aromatic N) is 1. The maximum atomic E-state index is 11.9. The van der Waals surface area contributed by atoms with Gasteiger partial charge in [0, 0.05) is 10.9 Å². The number of hydrogen-bond donors (Lipinski definition) is 1. The van der Waals surface area contributed by atoms with Gasteiger partial charge in [-0.3, -0.25) is 4.79 Å². The Kier molecular flexibility index (Phi) is 4.43. The summed E-state index contributed by atoms with van der Waals surface area (Å²) in [7, 11) is 1.64. The monoisotopic (exact) mass is 372 g/mol. The minimum atomic E-state index is -0.412. The average Bonchev–Trinajstić information content (AvgIpc) is 3.01. The van der Waals surface area contributed by atoms with Crippen molar-refractivity contribution in [2.45, 2.75) is 0 Å². The standard InChI is InChI=1S/C17H13BrN2O3/c1-22-14-7-6-11(12-4-2-3-5-13(12)14)10-19-20-17(21)15-8-9-16(18)23-15/h2-10H,1H3,(H,20,21). The molecule has 2 aromatic carbocycles. The van der Waals surface area contributed by atoms with Crippen molar-refractivity contribution in [1.29, 1.82) is 0 Å². The number of amides is 1. The number of benzene rings is 2. The van der Waals surface area contributed by atoms with Gasteiger partial charge in [-0.25, -0.2) is 5.43 Å². The van der Waals surface area contributed by atoms with E-state index in [1.807, 2.05) is 36.4 Å². The lowest BCUT2D eigenvalue weighted by Gasteiger charge is -2.07. The van der Waals surface area contributed by atoms with Crippen molar-refractivity contribution >= 4 is 38.8 Å². The highest BCUT2D eigenvalue weighted by molar-refractivity contribution is 9.10. The molecule has 0 saturated heterocycles. The number of hydrazone groups is 1. The van der Waals surface area contributed by atoms with Crippen LogP contribution in [0.1, 0.15) is 16.1 Å². The maximum Gasteiger partial charge on any atom is 0.307 e. The van der Waals surface area contributed by atoms with Crippen LogP contribution in [0.3, 0.4) is 0 Å². The van der Waals surface area contributed by atoms with Crippen LogP contribution in [0, 0.1) is 0 Å². The Hall–Kier alpha value is -2.60. The third-order valence-corrected chi connectivity index (χ3v) is 3.73. The number of furan rings is 1. The van der Waals surface area contributed by atoms with E-state index in [2.05, 4.69) is 26.5 Å². The fourth-order valence-electron chi connectivity index (χ4n) is 2.24. The third kappa shape index (κ3) is 3.27. The molecule has 116 valence electrons. The summed E-state index contributed by atoms with van der Waals surface area (Å²) in [6.45, 7) is 0. The highest BCUT2D eigenvalue weighted by atomic mass is 79.9. The molecule has 1 heterocycles. The second-order valence-corrected chi connectivity index (χ2v) is 5.49. The van der Waals surface area contributed by atoms with Crippen molar-refractivity contribution in [3.8, 4) is 5.75 Å². The Morgan fingerprint density at radius 3 is 2.65 bits per heavy atom. The van der Waals surface area contributed by atoms with E-state index in [4.69, 9.17) is 9.15 Å². The second kappa shape index (κ2) is 6.66. The zero-order valence-corrected chi connectivity index (χ0v) is 13.8. The summed E-state index contributed by atoms with van der Waals surface area (Å²) in [4.78, 5) is 11.9. The average molecular weight is 373 g/mol. The van der Waals surface area contributed by atoms with Crippen molar-refractivity contribution in [3.05, 3.63) is 64.5 Å². The first kappa shape index (κ1) is 15.3. The van der Waals surface area contributed by atoms with Gasteiger partial charge < -0.3 is 9.15 Å². The third-order valence-electron chi connectivity index (χ3n) is 3.30. The predicted molar refractivity (Wildman–Crippen MR) is 92.0 cm³/mol. The van der Waals surface area contributed by atoms with Crippen LogP contribution in [0.2, 0.25) is 0 Å². The molecule has 23 heavy (non-hydrogen) atoms. The van der Waals surface area contributed by atoms with Gasteiger partial charge in [0.25, 0.3) is 0 Å². The fourth-order valence-corrected chi connectivity index (χ4v) is 2.54. The Balaban J connectivity index is 1.83. The van der Waals surface area contributed by atoms with E-state index < -0.39 is 5.91 Å². The number of carbonyl (C=O) groups is 1. The SMILES string of the molecule is COc1ccc(C=NNC(=O)c2ccc(Br)o2)c2ccccc12. The van der Waals surface area contributed by atoms with E-state index in [0.29, 0.717) is 4.67 Å². The van der Waals surface area contributed by atoms with Crippen LogP contribution >= 0.6 is 15.9 Å². The van der Waals surface area contributed by atoms with E-state index in [0.717, 1.165) is 22.1 Å². The molecule has 0 saturated carbocycles. The number of hydrogen-bond acceptors (Lipinski definition) is 4. The van der Waals surface area contributed by atoms with Crippen LogP contribution in [0.15, 0.2) is 62.7 Å². The summed E-state index contributed by atoms with van der Waals surface area (Å²) in [6, 6.07) is 14.8. The summed E-state index contributed by atoms with van der Waals surface area (Å²) < 4.78 is 11.0. The summed E-state index contributed by atoms with van der Waals surface area (Å²) in [6.07, 6.45) is 1.59. The van der Waals surface area contributed by atoms with E-state index in [-0.39, 0.29) is 5.76 Å². The zero-order chi connectivity index (χ0) is 16.2. The topological polar surface area (TPSA) is 63.8 Å². The molecule has 0 bridgehead atoms. The van der Waals surface area contributed by atoms with Crippen molar-refractivity contribution in [2.24, 2.45) is 5.10 Å². The lowest BCUT2D eigenvalue weighted by molar-refractivity contribution is 0.0926. The molecule has 0 unspecified atom stereocenters. The Bertz CT molecular complexity index is 886. The summed E-state index contributed by atoms with van der Waals surface area (Å²) >= 11 is 3.15. The molecule has 0 fully saturated rings. The molecule has 5 nitrogen and oxygen atoms in total. The number of fused-ring (bicyclic) bond motifs is 1. The summed E-state index contributed by atoms with van der Waals surface area (Å²) in [5.74, 6) is 0.570. The van der Waals surface area contributed by atoms with Crippen molar-refractivity contribution < 1.29 is 13.9 Å². The number of halogens is 1. The molecule has 6 heteroatoms. The molecular formula is C17H13BrN2O3. The first-order valence-corrected chi connectivity index (χ1v) is 7.63. The molecule has 0 aliphatic rings.